The van der Waals surface area contributed by atoms with Crippen LogP contribution in [0.4, 0.5) is 0 Å². The van der Waals surface area contributed by atoms with Crippen molar-refractivity contribution in [3.8, 4) is 0 Å². The molecule has 0 aliphatic heterocycles. The van der Waals surface area contributed by atoms with Gasteiger partial charge in [-0.1, -0.05) is 30.3 Å². The summed E-state index contributed by atoms with van der Waals surface area (Å²) in [5.74, 6) is 1.02. The van der Waals surface area contributed by atoms with Crippen LogP contribution in [-0.4, -0.2) is 9.97 Å². The molecule has 0 unspecified atom stereocenters. The largest absolute Gasteiger partial charge is 0.337 e. The average molecular weight is 218 g/mol. The molecule has 2 nitrogen and oxygen atoms in total. The first-order valence-corrected chi connectivity index (χ1v) is 5.56. The minimum atomic E-state index is 0.838. The van der Waals surface area contributed by atoms with Gasteiger partial charge in [-0.25, -0.2) is 4.98 Å². The number of nitrogens with one attached hydrogen (secondary N) is 1. The van der Waals surface area contributed by atoms with Crippen molar-refractivity contribution in [2.45, 2.75) is 24.3 Å². The van der Waals surface area contributed by atoms with Crippen LogP contribution in [0.15, 0.2) is 41.6 Å². The van der Waals surface area contributed by atoms with E-state index in [0.29, 0.717) is 0 Å². The molecular formula is C12H14N2S. The summed E-state index contributed by atoms with van der Waals surface area (Å²) in [6, 6.07) is 10.5. The molecule has 3 heteroatoms. The summed E-state index contributed by atoms with van der Waals surface area (Å²) in [5, 5.41) is 0.838. The third-order valence-electron chi connectivity index (χ3n) is 2.34. The van der Waals surface area contributed by atoms with E-state index in [4.69, 9.17) is 0 Å². The Hall–Kier alpha value is -1.22. The van der Waals surface area contributed by atoms with Gasteiger partial charge in [0.15, 0.2) is 0 Å². The second-order valence-corrected chi connectivity index (χ2v) is 4.04. The highest BCUT2D eigenvalue weighted by Crippen LogP contribution is 2.07. The predicted molar refractivity (Wildman–Crippen MR) is 64.3 cm³/mol. The summed E-state index contributed by atoms with van der Waals surface area (Å²) in [6.45, 7) is 0. The minimum Gasteiger partial charge on any atom is -0.337 e. The molecule has 2 aromatic rings. The Bertz CT molecular complexity index is 409. The van der Waals surface area contributed by atoms with E-state index in [0.717, 1.165) is 30.1 Å². The van der Waals surface area contributed by atoms with Crippen LogP contribution in [0.5, 0.6) is 0 Å². The van der Waals surface area contributed by atoms with Crippen LogP contribution in [0.2, 0.25) is 0 Å². The standard InChI is InChI=1S/C12H14N2S/c15-12-9-13-11(14-12)8-4-7-10-5-2-1-3-6-10/h1-3,5-6,9,15H,4,7-8H2,(H,13,14). The highest BCUT2D eigenvalue weighted by atomic mass is 32.1. The van der Waals surface area contributed by atoms with Gasteiger partial charge in [0, 0.05) is 6.42 Å². The molecule has 1 aromatic heterocycles. The third kappa shape index (κ3) is 3.13. The second kappa shape index (κ2) is 5.03. The van der Waals surface area contributed by atoms with Gasteiger partial charge in [-0.3, -0.25) is 0 Å². The summed E-state index contributed by atoms with van der Waals surface area (Å²) in [4.78, 5) is 7.33. The van der Waals surface area contributed by atoms with E-state index in [9.17, 15) is 0 Å². The number of imidazole rings is 1. The summed E-state index contributed by atoms with van der Waals surface area (Å²) >= 11 is 4.18. The summed E-state index contributed by atoms with van der Waals surface area (Å²) in [5.41, 5.74) is 1.38. The first-order valence-electron chi connectivity index (χ1n) is 5.11. The van der Waals surface area contributed by atoms with Crippen LogP contribution in [0.1, 0.15) is 17.8 Å². The molecular weight excluding hydrogens is 204 g/mol. The summed E-state index contributed by atoms with van der Waals surface area (Å²) < 4.78 is 0. The number of rotatable bonds is 4. The number of aryl methyl sites for hydroxylation is 2. The first kappa shape index (κ1) is 10.3. The van der Waals surface area contributed by atoms with E-state index in [1.807, 2.05) is 6.07 Å². The van der Waals surface area contributed by atoms with Gasteiger partial charge in [0.05, 0.1) is 11.2 Å². The van der Waals surface area contributed by atoms with Crippen LogP contribution in [-0.2, 0) is 12.8 Å². The quantitative estimate of drug-likeness (QED) is 0.759. The monoisotopic (exact) mass is 218 g/mol. The molecule has 0 aliphatic carbocycles. The molecule has 1 heterocycles. The molecule has 2 rings (SSSR count). The Morgan fingerprint density at radius 3 is 2.60 bits per heavy atom. The lowest BCUT2D eigenvalue weighted by Crippen LogP contribution is -1.91. The van der Waals surface area contributed by atoms with Crippen LogP contribution in [0.25, 0.3) is 0 Å². The molecule has 0 spiro atoms. The van der Waals surface area contributed by atoms with Gasteiger partial charge in [-0.2, -0.15) is 0 Å². The minimum absolute atomic E-state index is 0.838. The topological polar surface area (TPSA) is 28.7 Å². The fourth-order valence-corrected chi connectivity index (χ4v) is 1.77. The van der Waals surface area contributed by atoms with Crippen LogP contribution in [0, 0.1) is 0 Å². The zero-order valence-electron chi connectivity index (χ0n) is 8.48. The van der Waals surface area contributed by atoms with Gasteiger partial charge >= 0.3 is 0 Å². The maximum absolute atomic E-state index is 4.22. The lowest BCUT2D eigenvalue weighted by molar-refractivity contribution is 0.779. The number of H-pyrrole nitrogens is 1. The van der Waals surface area contributed by atoms with Crippen molar-refractivity contribution in [2.24, 2.45) is 0 Å². The molecule has 0 bridgehead atoms. The molecule has 78 valence electrons. The second-order valence-electron chi connectivity index (χ2n) is 3.55. The van der Waals surface area contributed by atoms with Crippen molar-refractivity contribution in [1.82, 2.24) is 9.97 Å². The molecule has 1 N–H and O–H groups in total. The molecule has 0 amide bonds. The Kier molecular flexibility index (Phi) is 3.45. The van der Waals surface area contributed by atoms with Gasteiger partial charge < -0.3 is 4.98 Å². The number of benzene rings is 1. The number of hydrogen-bond acceptors (Lipinski definition) is 2. The predicted octanol–water partition coefficient (Wildman–Crippen LogP) is 2.87. The maximum Gasteiger partial charge on any atom is 0.106 e. The van der Waals surface area contributed by atoms with Crippen molar-refractivity contribution in [1.29, 1.82) is 0 Å². The molecule has 0 radical (unpaired) electrons. The Morgan fingerprint density at radius 2 is 1.93 bits per heavy atom. The lowest BCUT2D eigenvalue weighted by Gasteiger charge is -1.99. The normalized spacial score (nSPS) is 10.5. The number of nitrogens with zero attached hydrogens (tertiary/aromatic N) is 1. The van der Waals surface area contributed by atoms with Gasteiger partial charge in [-0.15, -0.1) is 12.6 Å². The molecule has 0 fully saturated rings. The molecule has 15 heavy (non-hydrogen) atoms. The molecule has 1 aromatic carbocycles. The van der Waals surface area contributed by atoms with Crippen LogP contribution >= 0.6 is 12.6 Å². The first-order chi connectivity index (χ1) is 7.34. The van der Waals surface area contributed by atoms with E-state index >= 15 is 0 Å². The molecule has 0 aliphatic rings. The number of aromatic amines is 1. The van der Waals surface area contributed by atoms with Gasteiger partial charge in [0.2, 0.25) is 0 Å². The zero-order chi connectivity index (χ0) is 10.5. The lowest BCUT2D eigenvalue weighted by atomic mass is 10.1. The molecule has 0 saturated heterocycles. The maximum atomic E-state index is 4.22. The van der Waals surface area contributed by atoms with Gasteiger partial charge in [-0.05, 0) is 18.4 Å². The van der Waals surface area contributed by atoms with E-state index in [2.05, 4.69) is 46.9 Å². The highest BCUT2D eigenvalue weighted by molar-refractivity contribution is 7.80. The number of hydrogen-bond donors (Lipinski definition) is 2. The van der Waals surface area contributed by atoms with Crippen molar-refractivity contribution in [2.75, 3.05) is 0 Å². The fourth-order valence-electron chi connectivity index (χ4n) is 1.58. The van der Waals surface area contributed by atoms with Crippen LogP contribution < -0.4 is 0 Å². The number of aromatic nitrogens is 2. The van der Waals surface area contributed by atoms with Crippen molar-refractivity contribution in [3.63, 3.8) is 0 Å². The van der Waals surface area contributed by atoms with E-state index in [1.165, 1.54) is 5.56 Å². The number of thiol groups is 1. The highest BCUT2D eigenvalue weighted by Gasteiger charge is 1.98. The zero-order valence-corrected chi connectivity index (χ0v) is 9.37. The van der Waals surface area contributed by atoms with Crippen molar-refractivity contribution in [3.05, 3.63) is 47.9 Å². The third-order valence-corrected chi connectivity index (χ3v) is 2.56. The SMILES string of the molecule is Sc1cnc(CCCc2ccccc2)[nH]1. The van der Waals surface area contributed by atoms with Gasteiger partial charge in [0.1, 0.15) is 5.82 Å². The van der Waals surface area contributed by atoms with E-state index in [-0.39, 0.29) is 0 Å². The van der Waals surface area contributed by atoms with Crippen LogP contribution in [0.3, 0.4) is 0 Å². The van der Waals surface area contributed by atoms with Crippen molar-refractivity contribution >= 4 is 12.6 Å². The summed E-state index contributed by atoms with van der Waals surface area (Å²) in [6.07, 6.45) is 4.95. The smallest absolute Gasteiger partial charge is 0.106 e. The molecule has 0 saturated carbocycles. The van der Waals surface area contributed by atoms with E-state index < -0.39 is 0 Å². The fraction of sp³-hybridized carbons (Fsp3) is 0.250. The Morgan fingerprint density at radius 1 is 1.13 bits per heavy atom. The van der Waals surface area contributed by atoms with Crippen molar-refractivity contribution < 1.29 is 0 Å². The summed E-state index contributed by atoms with van der Waals surface area (Å²) in [7, 11) is 0. The Balaban J connectivity index is 1.80. The average Bonchev–Trinajstić information content (AvgIpc) is 2.66. The molecule has 0 atom stereocenters. The Labute approximate surface area is 95.2 Å². The van der Waals surface area contributed by atoms with Gasteiger partial charge in [0.25, 0.3) is 0 Å². The van der Waals surface area contributed by atoms with E-state index in [1.54, 1.807) is 6.20 Å².